The number of hydrogen-bond acceptors (Lipinski definition) is 2. The van der Waals surface area contributed by atoms with Crippen LogP contribution in [-0.2, 0) is 13.6 Å². The monoisotopic (exact) mass is 271 g/mol. The van der Waals surface area contributed by atoms with Crippen molar-refractivity contribution in [2.24, 2.45) is 7.05 Å². The smallest absolute Gasteiger partial charge is 0.0641 e. The van der Waals surface area contributed by atoms with Gasteiger partial charge in [-0.05, 0) is 40.2 Å². The number of aromatic nitrogens is 2. The van der Waals surface area contributed by atoms with Crippen LogP contribution in [0.3, 0.4) is 0 Å². The Morgan fingerprint density at radius 2 is 1.70 bits per heavy atom. The van der Waals surface area contributed by atoms with Crippen LogP contribution in [0.5, 0.6) is 0 Å². The lowest BCUT2D eigenvalue weighted by atomic mass is 10.0. The zero-order valence-electron chi connectivity index (χ0n) is 13.4. The molecule has 2 rings (SSSR count). The van der Waals surface area contributed by atoms with Crippen LogP contribution in [0.15, 0.2) is 18.2 Å². The molecule has 0 bridgehead atoms. The summed E-state index contributed by atoms with van der Waals surface area (Å²) in [7, 11) is 2.00. The number of hydrogen-bond donors (Lipinski definition) is 1. The highest BCUT2D eigenvalue weighted by Gasteiger charge is 2.11. The van der Waals surface area contributed by atoms with E-state index in [0.717, 1.165) is 12.2 Å². The van der Waals surface area contributed by atoms with Crippen molar-refractivity contribution >= 4 is 0 Å². The fourth-order valence-corrected chi connectivity index (χ4v) is 2.71. The zero-order valence-corrected chi connectivity index (χ0v) is 13.4. The Kier molecular flexibility index (Phi) is 4.29. The van der Waals surface area contributed by atoms with Gasteiger partial charge in [0.05, 0.1) is 5.69 Å². The van der Waals surface area contributed by atoms with Crippen LogP contribution < -0.4 is 5.32 Å². The van der Waals surface area contributed by atoms with Gasteiger partial charge in [0.1, 0.15) is 0 Å². The van der Waals surface area contributed by atoms with Crippen LogP contribution in [0.4, 0.5) is 0 Å². The van der Waals surface area contributed by atoms with Gasteiger partial charge in [-0.3, -0.25) is 4.68 Å². The molecule has 0 spiro atoms. The maximum Gasteiger partial charge on any atom is 0.0641 e. The average Bonchev–Trinajstić information content (AvgIpc) is 2.60. The lowest BCUT2D eigenvalue weighted by Crippen LogP contribution is -2.19. The van der Waals surface area contributed by atoms with E-state index in [-0.39, 0.29) is 0 Å². The van der Waals surface area contributed by atoms with Gasteiger partial charge in [-0.2, -0.15) is 5.10 Å². The number of aryl methyl sites for hydroxylation is 4. The minimum absolute atomic E-state index is 0.340. The third kappa shape index (κ3) is 3.10. The molecule has 3 heteroatoms. The molecule has 0 aliphatic heterocycles. The molecule has 0 aliphatic carbocycles. The molecule has 1 aromatic heterocycles. The lowest BCUT2D eigenvalue weighted by Gasteiger charge is -2.16. The van der Waals surface area contributed by atoms with Gasteiger partial charge < -0.3 is 5.32 Å². The second-order valence-electron chi connectivity index (χ2n) is 5.80. The van der Waals surface area contributed by atoms with Crippen LogP contribution >= 0.6 is 0 Å². The first-order chi connectivity index (χ1) is 9.38. The van der Waals surface area contributed by atoms with Crippen molar-refractivity contribution in [3.05, 3.63) is 51.8 Å². The van der Waals surface area contributed by atoms with Gasteiger partial charge in [0, 0.05) is 30.9 Å². The first kappa shape index (κ1) is 14.8. The maximum absolute atomic E-state index is 4.47. The largest absolute Gasteiger partial charge is 0.306 e. The van der Waals surface area contributed by atoms with Crippen molar-refractivity contribution in [3.63, 3.8) is 0 Å². The van der Waals surface area contributed by atoms with E-state index >= 15 is 0 Å². The van der Waals surface area contributed by atoms with Gasteiger partial charge in [0.15, 0.2) is 0 Å². The molecule has 3 nitrogen and oxygen atoms in total. The highest BCUT2D eigenvalue weighted by atomic mass is 15.3. The van der Waals surface area contributed by atoms with Crippen LogP contribution in [0.1, 0.15) is 46.6 Å². The van der Waals surface area contributed by atoms with Crippen LogP contribution in [0.2, 0.25) is 0 Å². The first-order valence-electron chi connectivity index (χ1n) is 7.19. The Labute approximate surface area is 122 Å². The summed E-state index contributed by atoms with van der Waals surface area (Å²) in [6.45, 7) is 11.6. The Hall–Kier alpha value is -1.61. The molecule has 1 unspecified atom stereocenters. The van der Waals surface area contributed by atoms with E-state index in [9.17, 15) is 0 Å². The van der Waals surface area contributed by atoms with E-state index in [2.05, 4.69) is 63.2 Å². The van der Waals surface area contributed by atoms with E-state index in [1.54, 1.807) is 0 Å². The molecule has 1 N–H and O–H groups in total. The highest BCUT2D eigenvalue weighted by molar-refractivity contribution is 5.31. The standard InChI is InChI=1S/C17H25N3/c1-11-7-12(2)9-16(8-11)13(3)18-10-17-14(4)19-20(6)15(17)5/h7-9,13,18H,10H2,1-6H3. The van der Waals surface area contributed by atoms with Gasteiger partial charge >= 0.3 is 0 Å². The minimum atomic E-state index is 0.340. The second kappa shape index (κ2) is 5.80. The summed E-state index contributed by atoms with van der Waals surface area (Å²) in [5, 5.41) is 8.08. The number of nitrogens with zero attached hydrogens (tertiary/aromatic N) is 2. The molecule has 1 aromatic carbocycles. The van der Waals surface area contributed by atoms with E-state index in [4.69, 9.17) is 0 Å². The summed E-state index contributed by atoms with van der Waals surface area (Å²) in [5.41, 5.74) is 7.66. The molecule has 0 saturated carbocycles. The molecule has 0 fully saturated rings. The van der Waals surface area contributed by atoms with Crippen molar-refractivity contribution in [1.29, 1.82) is 0 Å². The lowest BCUT2D eigenvalue weighted by molar-refractivity contribution is 0.571. The SMILES string of the molecule is Cc1cc(C)cc(C(C)NCc2c(C)nn(C)c2C)c1. The molecule has 20 heavy (non-hydrogen) atoms. The van der Waals surface area contributed by atoms with Crippen molar-refractivity contribution in [3.8, 4) is 0 Å². The summed E-state index contributed by atoms with van der Waals surface area (Å²) >= 11 is 0. The fraction of sp³-hybridized carbons (Fsp3) is 0.471. The van der Waals surface area contributed by atoms with Crippen molar-refractivity contribution in [1.82, 2.24) is 15.1 Å². The summed E-state index contributed by atoms with van der Waals surface area (Å²) in [4.78, 5) is 0. The highest BCUT2D eigenvalue weighted by Crippen LogP contribution is 2.18. The summed E-state index contributed by atoms with van der Waals surface area (Å²) in [6.07, 6.45) is 0. The van der Waals surface area contributed by atoms with Gasteiger partial charge in [-0.1, -0.05) is 29.3 Å². The second-order valence-corrected chi connectivity index (χ2v) is 5.80. The summed E-state index contributed by atoms with van der Waals surface area (Å²) in [5.74, 6) is 0. The van der Waals surface area contributed by atoms with Gasteiger partial charge in [-0.25, -0.2) is 0 Å². The normalized spacial score (nSPS) is 12.7. The Morgan fingerprint density at radius 3 is 2.20 bits per heavy atom. The minimum Gasteiger partial charge on any atom is -0.306 e. The molecule has 1 atom stereocenters. The van der Waals surface area contributed by atoms with Crippen LogP contribution in [0.25, 0.3) is 0 Å². The van der Waals surface area contributed by atoms with Gasteiger partial charge in [0.25, 0.3) is 0 Å². The third-order valence-electron chi connectivity index (χ3n) is 3.99. The molecule has 1 heterocycles. The van der Waals surface area contributed by atoms with Crippen molar-refractivity contribution in [2.75, 3.05) is 0 Å². The van der Waals surface area contributed by atoms with E-state index < -0.39 is 0 Å². The Bertz CT molecular complexity index is 591. The predicted octanol–water partition coefficient (Wildman–Crippen LogP) is 3.50. The predicted molar refractivity (Wildman–Crippen MR) is 83.9 cm³/mol. The first-order valence-corrected chi connectivity index (χ1v) is 7.19. The van der Waals surface area contributed by atoms with Gasteiger partial charge in [0.2, 0.25) is 0 Å². The maximum atomic E-state index is 4.47. The van der Waals surface area contributed by atoms with E-state index in [1.807, 2.05) is 11.7 Å². The topological polar surface area (TPSA) is 29.9 Å². The molecular formula is C17H25N3. The van der Waals surface area contributed by atoms with E-state index in [1.165, 1.54) is 27.9 Å². The summed E-state index contributed by atoms with van der Waals surface area (Å²) in [6, 6.07) is 7.07. The Morgan fingerprint density at radius 1 is 1.10 bits per heavy atom. The van der Waals surface area contributed by atoms with Gasteiger partial charge in [-0.15, -0.1) is 0 Å². The van der Waals surface area contributed by atoms with Crippen LogP contribution in [-0.4, -0.2) is 9.78 Å². The zero-order chi connectivity index (χ0) is 14.9. The number of rotatable bonds is 4. The Balaban J connectivity index is 2.10. The third-order valence-corrected chi connectivity index (χ3v) is 3.99. The number of nitrogens with one attached hydrogen (secondary N) is 1. The molecule has 2 aromatic rings. The fourth-order valence-electron chi connectivity index (χ4n) is 2.71. The quantitative estimate of drug-likeness (QED) is 0.922. The van der Waals surface area contributed by atoms with E-state index in [0.29, 0.717) is 6.04 Å². The molecule has 108 valence electrons. The molecule has 0 radical (unpaired) electrons. The molecule has 0 amide bonds. The average molecular weight is 271 g/mol. The van der Waals surface area contributed by atoms with Crippen molar-refractivity contribution < 1.29 is 0 Å². The molecule has 0 aliphatic rings. The summed E-state index contributed by atoms with van der Waals surface area (Å²) < 4.78 is 1.95. The van der Waals surface area contributed by atoms with Crippen molar-refractivity contribution in [2.45, 2.75) is 47.2 Å². The molecular weight excluding hydrogens is 246 g/mol. The molecule has 0 saturated heterocycles. The number of benzene rings is 1. The van der Waals surface area contributed by atoms with Crippen LogP contribution in [0, 0.1) is 27.7 Å².